The molecule has 0 bridgehead atoms. The molecule has 7 nitrogen and oxygen atoms in total. The number of hydrogen-bond acceptors (Lipinski definition) is 5. The zero-order valence-corrected chi connectivity index (χ0v) is 17.9. The number of sulfone groups is 1. The molecule has 1 saturated heterocycles. The molecule has 154 valence electrons. The van der Waals surface area contributed by atoms with Crippen LogP contribution in [0.1, 0.15) is 26.3 Å². The van der Waals surface area contributed by atoms with Gasteiger partial charge in [0.25, 0.3) is 0 Å². The largest absolute Gasteiger partial charge is 0.392 e. The van der Waals surface area contributed by atoms with E-state index in [1.54, 1.807) is 18.3 Å². The SMILES string of the molecule is C=CN=C(/N=C\C)N1CCN(c2ccc(CO)c(S(C)(=O)=O)c2)CC1C(C)C. The fraction of sp³-hybridized carbons (Fsp3) is 0.500. The summed E-state index contributed by atoms with van der Waals surface area (Å²) in [5, 5.41) is 9.48. The zero-order chi connectivity index (χ0) is 20.9. The van der Waals surface area contributed by atoms with Crippen molar-refractivity contribution < 1.29 is 13.5 Å². The van der Waals surface area contributed by atoms with E-state index < -0.39 is 9.84 Å². The van der Waals surface area contributed by atoms with Crippen LogP contribution in [0.4, 0.5) is 5.69 Å². The van der Waals surface area contributed by atoms with Crippen molar-refractivity contribution >= 4 is 27.7 Å². The van der Waals surface area contributed by atoms with Crippen LogP contribution in [0.5, 0.6) is 0 Å². The van der Waals surface area contributed by atoms with Crippen LogP contribution in [0.15, 0.2) is 45.9 Å². The van der Waals surface area contributed by atoms with Gasteiger partial charge in [-0.05, 0) is 30.5 Å². The van der Waals surface area contributed by atoms with Crippen molar-refractivity contribution in [2.75, 3.05) is 30.8 Å². The third-order valence-electron chi connectivity index (χ3n) is 4.88. The minimum Gasteiger partial charge on any atom is -0.392 e. The van der Waals surface area contributed by atoms with Gasteiger partial charge >= 0.3 is 0 Å². The maximum absolute atomic E-state index is 12.1. The lowest BCUT2D eigenvalue weighted by Gasteiger charge is -2.44. The molecule has 0 aliphatic carbocycles. The first-order valence-electron chi connectivity index (χ1n) is 9.35. The molecule has 0 radical (unpaired) electrons. The number of nitrogens with zero attached hydrogens (tertiary/aromatic N) is 4. The highest BCUT2D eigenvalue weighted by atomic mass is 32.2. The number of rotatable bonds is 5. The summed E-state index contributed by atoms with van der Waals surface area (Å²) in [4.78, 5) is 13.3. The lowest BCUT2D eigenvalue weighted by molar-refractivity contribution is 0.223. The highest BCUT2D eigenvalue weighted by molar-refractivity contribution is 7.90. The van der Waals surface area contributed by atoms with Gasteiger partial charge in [0.05, 0.1) is 17.5 Å². The summed E-state index contributed by atoms with van der Waals surface area (Å²) in [6.07, 6.45) is 4.39. The average molecular weight is 407 g/mol. The number of benzene rings is 1. The summed E-state index contributed by atoms with van der Waals surface area (Å²) in [6, 6.07) is 5.39. The van der Waals surface area contributed by atoms with Gasteiger partial charge in [0, 0.05) is 44.0 Å². The van der Waals surface area contributed by atoms with Crippen molar-refractivity contribution in [2.45, 2.75) is 38.3 Å². The molecule has 0 aromatic heterocycles. The Hall–Kier alpha value is -2.19. The Morgan fingerprint density at radius 3 is 2.64 bits per heavy atom. The predicted octanol–water partition coefficient (Wildman–Crippen LogP) is 2.32. The molecule has 1 aliphatic rings. The van der Waals surface area contributed by atoms with Crippen LogP contribution < -0.4 is 4.90 Å². The number of piperazine rings is 1. The molecule has 1 aromatic carbocycles. The van der Waals surface area contributed by atoms with Gasteiger partial charge < -0.3 is 14.9 Å². The summed E-state index contributed by atoms with van der Waals surface area (Å²) < 4.78 is 24.3. The van der Waals surface area contributed by atoms with Crippen molar-refractivity contribution in [1.82, 2.24) is 4.90 Å². The molecule has 1 atom stereocenters. The molecular formula is C20H30N4O3S. The van der Waals surface area contributed by atoms with Crippen molar-refractivity contribution in [3.05, 3.63) is 36.5 Å². The molecule has 0 saturated carbocycles. The Kier molecular flexibility index (Phi) is 7.37. The molecule has 2 rings (SSSR count). The van der Waals surface area contributed by atoms with Crippen LogP contribution in [0.3, 0.4) is 0 Å². The zero-order valence-electron chi connectivity index (χ0n) is 17.0. The van der Waals surface area contributed by atoms with Gasteiger partial charge in [-0.15, -0.1) is 0 Å². The topological polar surface area (TPSA) is 85.6 Å². The Morgan fingerprint density at radius 1 is 1.39 bits per heavy atom. The minimum absolute atomic E-state index is 0.162. The van der Waals surface area contributed by atoms with E-state index in [1.165, 1.54) is 12.5 Å². The Balaban J connectivity index is 2.36. The van der Waals surface area contributed by atoms with Gasteiger partial charge in [0.2, 0.25) is 5.96 Å². The third-order valence-corrected chi connectivity index (χ3v) is 6.06. The van der Waals surface area contributed by atoms with Crippen molar-refractivity contribution in [3.63, 3.8) is 0 Å². The summed E-state index contributed by atoms with van der Waals surface area (Å²) in [5.41, 5.74) is 1.26. The van der Waals surface area contributed by atoms with E-state index in [4.69, 9.17) is 0 Å². The summed E-state index contributed by atoms with van der Waals surface area (Å²) in [7, 11) is -3.42. The number of aliphatic hydroxyl groups excluding tert-OH is 1. The second-order valence-electron chi connectivity index (χ2n) is 7.17. The molecular weight excluding hydrogens is 376 g/mol. The van der Waals surface area contributed by atoms with Crippen LogP contribution >= 0.6 is 0 Å². The second kappa shape index (κ2) is 9.34. The van der Waals surface area contributed by atoms with Crippen LogP contribution in [0.25, 0.3) is 0 Å². The number of guanidine groups is 1. The first-order chi connectivity index (χ1) is 13.2. The van der Waals surface area contributed by atoms with Crippen LogP contribution in [-0.4, -0.2) is 62.5 Å². The van der Waals surface area contributed by atoms with Crippen molar-refractivity contribution in [1.29, 1.82) is 0 Å². The smallest absolute Gasteiger partial charge is 0.225 e. The van der Waals surface area contributed by atoms with Gasteiger partial charge in [-0.25, -0.2) is 18.4 Å². The van der Waals surface area contributed by atoms with Crippen LogP contribution in [-0.2, 0) is 16.4 Å². The molecule has 1 fully saturated rings. The van der Waals surface area contributed by atoms with E-state index in [9.17, 15) is 13.5 Å². The first-order valence-corrected chi connectivity index (χ1v) is 11.2. The molecule has 1 unspecified atom stereocenters. The van der Waals surface area contributed by atoms with E-state index in [2.05, 4.69) is 40.2 Å². The monoisotopic (exact) mass is 406 g/mol. The molecule has 1 N–H and O–H groups in total. The van der Waals surface area contributed by atoms with Gasteiger partial charge in [-0.1, -0.05) is 26.5 Å². The lowest BCUT2D eigenvalue weighted by Crippen LogP contribution is -2.57. The molecule has 1 aliphatic heterocycles. The van der Waals surface area contributed by atoms with Crippen molar-refractivity contribution in [3.8, 4) is 0 Å². The molecule has 1 aromatic rings. The maximum atomic E-state index is 12.1. The molecule has 0 amide bonds. The van der Waals surface area contributed by atoms with Crippen molar-refractivity contribution in [2.24, 2.45) is 15.9 Å². The maximum Gasteiger partial charge on any atom is 0.225 e. The van der Waals surface area contributed by atoms with E-state index in [0.29, 0.717) is 30.5 Å². The highest BCUT2D eigenvalue weighted by Crippen LogP contribution is 2.27. The standard InChI is InChI=1S/C20H30N4O3S/c1-6-21-20(22-7-2)24-11-10-23(13-18(24)15(3)4)17-9-8-16(14-25)19(12-17)28(5,26)27/h6-9,12,15,18,25H,1,10-11,13-14H2,2-5H3/b21-20?,22-7-. The molecule has 0 spiro atoms. The minimum atomic E-state index is -3.42. The number of hydrogen-bond donors (Lipinski definition) is 1. The number of anilines is 1. The Morgan fingerprint density at radius 2 is 2.11 bits per heavy atom. The van der Waals surface area contributed by atoms with Gasteiger partial charge in [-0.3, -0.25) is 0 Å². The van der Waals surface area contributed by atoms with Gasteiger partial charge in [0.15, 0.2) is 9.84 Å². The number of aliphatic hydroxyl groups is 1. The van der Waals surface area contributed by atoms with E-state index in [-0.39, 0.29) is 17.5 Å². The van der Waals surface area contributed by atoms with Crippen LogP contribution in [0, 0.1) is 5.92 Å². The fourth-order valence-electron chi connectivity index (χ4n) is 3.46. The first kappa shape index (κ1) is 22.1. The summed E-state index contributed by atoms with van der Waals surface area (Å²) >= 11 is 0. The van der Waals surface area contributed by atoms with Crippen LogP contribution in [0.2, 0.25) is 0 Å². The fourth-order valence-corrected chi connectivity index (χ4v) is 4.40. The molecule has 8 heteroatoms. The lowest BCUT2D eigenvalue weighted by atomic mass is 9.99. The Bertz CT molecular complexity index is 862. The van der Waals surface area contributed by atoms with E-state index >= 15 is 0 Å². The number of aliphatic imine (C=N–C) groups is 2. The van der Waals surface area contributed by atoms with Gasteiger partial charge in [0.1, 0.15) is 0 Å². The average Bonchev–Trinajstić information content (AvgIpc) is 2.66. The third kappa shape index (κ3) is 4.99. The highest BCUT2D eigenvalue weighted by Gasteiger charge is 2.31. The Labute approximate surface area is 168 Å². The predicted molar refractivity (Wildman–Crippen MR) is 115 cm³/mol. The quantitative estimate of drug-likeness (QED) is 0.599. The van der Waals surface area contributed by atoms with E-state index in [0.717, 1.165) is 12.2 Å². The molecule has 1 heterocycles. The normalized spacial score (nSPS) is 18.9. The molecule has 28 heavy (non-hydrogen) atoms. The van der Waals surface area contributed by atoms with Gasteiger partial charge in [-0.2, -0.15) is 0 Å². The summed E-state index contributed by atoms with van der Waals surface area (Å²) in [6.45, 7) is 11.7. The summed E-state index contributed by atoms with van der Waals surface area (Å²) in [5.74, 6) is 0.985. The van der Waals surface area contributed by atoms with E-state index in [1.807, 2.05) is 13.0 Å². The second-order valence-corrected chi connectivity index (χ2v) is 9.16.